The summed E-state index contributed by atoms with van der Waals surface area (Å²) in [5, 5.41) is 3.65. The molecule has 0 saturated heterocycles. The smallest absolute Gasteiger partial charge is 0.269 e. The van der Waals surface area contributed by atoms with Gasteiger partial charge in [-0.05, 0) is 17.5 Å². The molecule has 0 spiro atoms. The highest BCUT2D eigenvalue weighted by atomic mass is 32.1. The molecule has 0 atom stereocenters. The van der Waals surface area contributed by atoms with Gasteiger partial charge in [-0.15, -0.1) is 0 Å². The lowest BCUT2D eigenvalue weighted by atomic mass is 10.0. The molecule has 0 saturated carbocycles. The lowest BCUT2D eigenvalue weighted by Crippen LogP contribution is -2.13. The van der Waals surface area contributed by atoms with Gasteiger partial charge in [0, 0.05) is 19.8 Å². The van der Waals surface area contributed by atoms with Gasteiger partial charge in [0.15, 0.2) is 5.13 Å². The molecule has 0 radical (unpaired) electrons. The zero-order valence-electron chi connectivity index (χ0n) is 12.7. The van der Waals surface area contributed by atoms with E-state index in [1.54, 1.807) is 0 Å². The van der Waals surface area contributed by atoms with Crippen molar-refractivity contribution in [3.63, 3.8) is 0 Å². The van der Waals surface area contributed by atoms with Crippen molar-refractivity contribution in [3.8, 4) is 0 Å². The molecule has 2 rings (SSSR count). The van der Waals surface area contributed by atoms with Gasteiger partial charge in [-0.25, -0.2) is 4.98 Å². The molecule has 1 aromatic carbocycles. The Morgan fingerprint density at radius 2 is 2.00 bits per heavy atom. The van der Waals surface area contributed by atoms with Gasteiger partial charge in [0.2, 0.25) is 0 Å². The van der Waals surface area contributed by atoms with Crippen LogP contribution in [0.2, 0.25) is 0 Å². The normalized spacial score (nSPS) is 10.7. The number of nitrogens with one attached hydrogen (secondary N) is 1. The second-order valence-corrected chi connectivity index (χ2v) is 6.28. The van der Waals surface area contributed by atoms with Crippen molar-refractivity contribution in [2.75, 3.05) is 30.0 Å². The summed E-state index contributed by atoms with van der Waals surface area (Å²) in [5.74, 6) is 0.382. The number of nitrogens with zero attached hydrogens (tertiary/aromatic N) is 2. The summed E-state index contributed by atoms with van der Waals surface area (Å²) in [5.41, 5.74) is 7.76. The number of benzene rings is 1. The van der Waals surface area contributed by atoms with Crippen LogP contribution >= 0.6 is 11.3 Å². The molecule has 21 heavy (non-hydrogen) atoms. The van der Waals surface area contributed by atoms with Crippen LogP contribution in [0.4, 0.5) is 16.6 Å². The molecule has 0 bridgehead atoms. The van der Waals surface area contributed by atoms with E-state index in [0.29, 0.717) is 10.8 Å². The van der Waals surface area contributed by atoms with E-state index >= 15 is 0 Å². The van der Waals surface area contributed by atoms with Gasteiger partial charge in [-0.3, -0.25) is 4.79 Å². The number of rotatable bonds is 4. The number of nitrogen functional groups attached to an aromatic ring is 1. The van der Waals surface area contributed by atoms with E-state index in [9.17, 15) is 4.79 Å². The second kappa shape index (κ2) is 6.13. The maximum absolute atomic E-state index is 12.4. The predicted molar refractivity (Wildman–Crippen MR) is 89.3 cm³/mol. The van der Waals surface area contributed by atoms with Crippen LogP contribution in [0.15, 0.2) is 24.3 Å². The molecular formula is C15H20N4OS. The first kappa shape index (κ1) is 15.3. The number of hydrogen-bond acceptors (Lipinski definition) is 5. The molecule has 2 aromatic rings. The van der Waals surface area contributed by atoms with Crippen LogP contribution in [0.25, 0.3) is 0 Å². The molecule has 112 valence electrons. The van der Waals surface area contributed by atoms with E-state index in [-0.39, 0.29) is 11.7 Å². The first-order chi connectivity index (χ1) is 9.90. The number of amides is 1. The minimum Gasteiger partial charge on any atom is -0.382 e. The lowest BCUT2D eigenvalue weighted by Gasteiger charge is -2.13. The molecule has 0 aliphatic heterocycles. The molecule has 6 heteroatoms. The van der Waals surface area contributed by atoms with Crippen LogP contribution in [-0.2, 0) is 0 Å². The van der Waals surface area contributed by atoms with Gasteiger partial charge in [0.1, 0.15) is 10.7 Å². The largest absolute Gasteiger partial charge is 0.382 e. The Bertz CT molecular complexity index is 649. The molecule has 0 unspecified atom stereocenters. The third-order valence-corrected chi connectivity index (χ3v) is 4.30. The summed E-state index contributed by atoms with van der Waals surface area (Å²) < 4.78 is 0. The summed E-state index contributed by atoms with van der Waals surface area (Å²) in [7, 11) is 3.74. The highest BCUT2D eigenvalue weighted by Crippen LogP contribution is 2.29. The van der Waals surface area contributed by atoms with Crippen LogP contribution in [0.5, 0.6) is 0 Å². The quantitative estimate of drug-likeness (QED) is 0.910. The molecule has 0 aliphatic carbocycles. The molecule has 1 aromatic heterocycles. The SMILES string of the molecule is CC(C)c1ccccc1NC(=O)c1sc(N(C)C)nc1N. The third-order valence-electron chi connectivity index (χ3n) is 3.06. The maximum atomic E-state index is 12.4. The van der Waals surface area contributed by atoms with E-state index in [1.807, 2.05) is 43.3 Å². The summed E-state index contributed by atoms with van der Waals surface area (Å²) in [4.78, 5) is 18.9. The van der Waals surface area contributed by atoms with E-state index in [1.165, 1.54) is 11.3 Å². The number of para-hydroxylation sites is 1. The minimum absolute atomic E-state index is 0.216. The molecule has 3 N–H and O–H groups in total. The summed E-state index contributed by atoms with van der Waals surface area (Å²) in [6.07, 6.45) is 0. The Labute approximate surface area is 128 Å². The molecule has 1 amide bonds. The van der Waals surface area contributed by atoms with Crippen molar-refractivity contribution in [1.29, 1.82) is 0 Å². The van der Waals surface area contributed by atoms with Crippen molar-refractivity contribution in [2.45, 2.75) is 19.8 Å². The number of aromatic nitrogens is 1. The highest BCUT2D eigenvalue weighted by molar-refractivity contribution is 7.18. The minimum atomic E-state index is -0.216. The number of anilines is 3. The number of carbonyl (C=O) groups excluding carboxylic acids is 1. The fraction of sp³-hybridized carbons (Fsp3) is 0.333. The molecule has 5 nitrogen and oxygen atoms in total. The zero-order valence-corrected chi connectivity index (χ0v) is 13.5. The van der Waals surface area contributed by atoms with Crippen molar-refractivity contribution < 1.29 is 4.79 Å². The molecule has 0 aliphatic rings. The van der Waals surface area contributed by atoms with E-state index in [4.69, 9.17) is 5.73 Å². The summed E-state index contributed by atoms with van der Waals surface area (Å²) in [6, 6.07) is 7.79. The van der Waals surface area contributed by atoms with Crippen LogP contribution in [0.1, 0.15) is 35.0 Å². The Balaban J connectivity index is 2.26. The first-order valence-electron chi connectivity index (χ1n) is 6.74. The van der Waals surface area contributed by atoms with Crippen LogP contribution in [0, 0.1) is 0 Å². The Morgan fingerprint density at radius 1 is 1.33 bits per heavy atom. The third kappa shape index (κ3) is 3.33. The first-order valence-corrected chi connectivity index (χ1v) is 7.55. The lowest BCUT2D eigenvalue weighted by molar-refractivity contribution is 0.103. The number of nitrogens with two attached hydrogens (primary N) is 1. The standard InChI is InChI=1S/C15H20N4OS/c1-9(2)10-7-5-6-8-11(10)17-14(20)12-13(16)18-15(21-12)19(3)4/h5-9H,16H2,1-4H3,(H,17,20). The van der Waals surface area contributed by atoms with E-state index < -0.39 is 0 Å². The fourth-order valence-corrected chi connectivity index (χ4v) is 2.77. The van der Waals surface area contributed by atoms with Crippen LogP contribution in [-0.4, -0.2) is 25.0 Å². The fourth-order valence-electron chi connectivity index (χ4n) is 1.97. The van der Waals surface area contributed by atoms with Gasteiger partial charge in [0.25, 0.3) is 5.91 Å². The Morgan fingerprint density at radius 3 is 2.57 bits per heavy atom. The topological polar surface area (TPSA) is 71.2 Å². The molecule has 1 heterocycles. The zero-order chi connectivity index (χ0) is 15.6. The average molecular weight is 304 g/mol. The van der Waals surface area contributed by atoms with Crippen LogP contribution in [0.3, 0.4) is 0 Å². The summed E-state index contributed by atoms with van der Waals surface area (Å²) >= 11 is 1.29. The van der Waals surface area contributed by atoms with Gasteiger partial charge < -0.3 is 16.0 Å². The van der Waals surface area contributed by atoms with Crippen molar-refractivity contribution in [2.24, 2.45) is 0 Å². The number of carbonyl (C=O) groups is 1. The number of thiazole rings is 1. The van der Waals surface area contributed by atoms with Gasteiger partial charge in [0.05, 0.1) is 0 Å². The monoisotopic (exact) mass is 304 g/mol. The highest BCUT2D eigenvalue weighted by Gasteiger charge is 2.18. The van der Waals surface area contributed by atoms with Gasteiger partial charge >= 0.3 is 0 Å². The second-order valence-electron chi connectivity index (χ2n) is 5.30. The van der Waals surface area contributed by atoms with E-state index in [0.717, 1.165) is 16.4 Å². The van der Waals surface area contributed by atoms with Crippen molar-refractivity contribution in [3.05, 3.63) is 34.7 Å². The summed E-state index contributed by atoms with van der Waals surface area (Å²) in [6.45, 7) is 4.19. The molecular weight excluding hydrogens is 284 g/mol. The molecule has 0 fully saturated rings. The maximum Gasteiger partial charge on any atom is 0.269 e. The average Bonchev–Trinajstić information content (AvgIpc) is 2.81. The van der Waals surface area contributed by atoms with Crippen molar-refractivity contribution >= 4 is 33.9 Å². The van der Waals surface area contributed by atoms with Crippen molar-refractivity contribution in [1.82, 2.24) is 4.98 Å². The van der Waals surface area contributed by atoms with E-state index in [2.05, 4.69) is 24.1 Å². The Kier molecular flexibility index (Phi) is 4.47. The van der Waals surface area contributed by atoms with Crippen LogP contribution < -0.4 is 16.0 Å². The number of hydrogen-bond donors (Lipinski definition) is 2. The van der Waals surface area contributed by atoms with Gasteiger partial charge in [-0.2, -0.15) is 0 Å². The predicted octanol–water partition coefficient (Wildman–Crippen LogP) is 3.17. The van der Waals surface area contributed by atoms with Gasteiger partial charge in [-0.1, -0.05) is 43.4 Å². The Hall–Kier alpha value is -2.08.